The molecule has 0 amide bonds. The topological polar surface area (TPSA) is 60.4 Å². The molecule has 1 aliphatic carbocycles. The second-order valence-electron chi connectivity index (χ2n) is 5.19. The van der Waals surface area contributed by atoms with Crippen molar-refractivity contribution < 1.29 is 17.4 Å². The quantitative estimate of drug-likeness (QED) is 0.576. The molecule has 19 heavy (non-hydrogen) atoms. The Morgan fingerprint density at radius 3 is 2.47 bits per heavy atom. The van der Waals surface area contributed by atoms with Crippen molar-refractivity contribution in [2.24, 2.45) is 11.8 Å². The minimum Gasteiger partial charge on any atom is -0.300 e. The van der Waals surface area contributed by atoms with Gasteiger partial charge in [0.2, 0.25) is 0 Å². The number of carbonyl (C=O) groups is 1. The monoisotopic (exact) mass is 286 g/mol. The normalized spacial score (nSPS) is 29.0. The fourth-order valence-electron chi connectivity index (χ4n) is 2.44. The molecule has 0 aliphatic heterocycles. The van der Waals surface area contributed by atoms with E-state index >= 15 is 0 Å². The molecule has 0 radical (unpaired) electrons. The molecule has 3 atom stereocenters. The second kappa shape index (κ2) is 6.48. The van der Waals surface area contributed by atoms with Crippen LogP contribution in [0.4, 0.5) is 0 Å². The Balaban J connectivity index is 2.76. The van der Waals surface area contributed by atoms with Crippen LogP contribution in [0.2, 0.25) is 0 Å². The van der Waals surface area contributed by atoms with E-state index in [2.05, 4.69) is 6.58 Å². The predicted octanol–water partition coefficient (Wildman–Crippen LogP) is 2.82. The third-order valence-corrected chi connectivity index (χ3v) is 5.13. The summed E-state index contributed by atoms with van der Waals surface area (Å²) in [7, 11) is -3.71. The van der Waals surface area contributed by atoms with Crippen molar-refractivity contribution in [1.29, 1.82) is 0 Å². The van der Waals surface area contributed by atoms with E-state index in [1.165, 1.54) is 19.1 Å². The zero-order chi connectivity index (χ0) is 14.6. The maximum Gasteiger partial charge on any atom is 0.293 e. The molecule has 0 aromatic carbocycles. The second-order valence-corrected chi connectivity index (χ2v) is 6.94. The SMILES string of the molecule is C=CC=C(C)S(=O)(=O)OC1CCC(C)C(C(C)=O)C1. The highest BCUT2D eigenvalue weighted by Crippen LogP contribution is 2.33. The molecule has 1 rings (SSSR count). The van der Waals surface area contributed by atoms with E-state index in [0.717, 1.165) is 6.42 Å². The zero-order valence-electron chi connectivity index (χ0n) is 11.8. The first-order valence-electron chi connectivity index (χ1n) is 6.51. The Kier molecular flexibility index (Phi) is 5.50. The van der Waals surface area contributed by atoms with Crippen LogP contribution in [-0.2, 0) is 19.1 Å². The van der Waals surface area contributed by atoms with Gasteiger partial charge in [-0.1, -0.05) is 19.6 Å². The van der Waals surface area contributed by atoms with Crippen LogP contribution in [0, 0.1) is 11.8 Å². The van der Waals surface area contributed by atoms with Gasteiger partial charge in [0.25, 0.3) is 10.1 Å². The molecule has 1 saturated carbocycles. The van der Waals surface area contributed by atoms with Crippen molar-refractivity contribution >= 4 is 15.9 Å². The number of rotatable bonds is 5. The maximum absolute atomic E-state index is 11.9. The van der Waals surface area contributed by atoms with Gasteiger partial charge < -0.3 is 0 Å². The highest BCUT2D eigenvalue weighted by Gasteiger charge is 2.33. The standard InChI is InChI=1S/C14H22O4S/c1-5-6-11(3)19(16,17)18-13-8-7-10(2)14(9-13)12(4)15/h5-6,10,13-14H,1,7-9H2,2-4H3. The smallest absolute Gasteiger partial charge is 0.293 e. The van der Waals surface area contributed by atoms with Gasteiger partial charge in [-0.05, 0) is 45.1 Å². The Morgan fingerprint density at radius 1 is 1.32 bits per heavy atom. The molecule has 5 heteroatoms. The molecule has 0 aromatic rings. The number of carbonyl (C=O) groups excluding carboxylic acids is 1. The lowest BCUT2D eigenvalue weighted by Crippen LogP contribution is -2.33. The first-order valence-corrected chi connectivity index (χ1v) is 7.91. The predicted molar refractivity (Wildman–Crippen MR) is 74.9 cm³/mol. The number of allylic oxidation sites excluding steroid dienone is 3. The fraction of sp³-hybridized carbons (Fsp3) is 0.643. The molecule has 1 fully saturated rings. The number of hydrogen-bond acceptors (Lipinski definition) is 4. The molecule has 0 spiro atoms. The van der Waals surface area contributed by atoms with Gasteiger partial charge in [0.1, 0.15) is 5.78 Å². The molecular weight excluding hydrogens is 264 g/mol. The molecule has 4 nitrogen and oxygen atoms in total. The average Bonchev–Trinajstić information content (AvgIpc) is 2.31. The van der Waals surface area contributed by atoms with Crippen molar-refractivity contribution in [2.75, 3.05) is 0 Å². The Labute approximate surface area is 115 Å². The Morgan fingerprint density at radius 2 is 1.95 bits per heavy atom. The van der Waals surface area contributed by atoms with Gasteiger partial charge in [-0.25, -0.2) is 0 Å². The van der Waals surface area contributed by atoms with Crippen LogP contribution in [0.25, 0.3) is 0 Å². The molecule has 3 unspecified atom stereocenters. The summed E-state index contributed by atoms with van der Waals surface area (Å²) in [6, 6.07) is 0. The van der Waals surface area contributed by atoms with Crippen molar-refractivity contribution in [3.8, 4) is 0 Å². The summed E-state index contributed by atoms with van der Waals surface area (Å²) < 4.78 is 29.1. The van der Waals surface area contributed by atoms with Crippen LogP contribution in [0.3, 0.4) is 0 Å². The lowest BCUT2D eigenvalue weighted by Gasteiger charge is -2.32. The van der Waals surface area contributed by atoms with E-state index in [1.807, 2.05) is 6.92 Å². The van der Waals surface area contributed by atoms with Crippen LogP contribution >= 0.6 is 0 Å². The van der Waals surface area contributed by atoms with Gasteiger partial charge in [-0.3, -0.25) is 8.98 Å². The summed E-state index contributed by atoms with van der Waals surface area (Å²) in [5.74, 6) is 0.305. The summed E-state index contributed by atoms with van der Waals surface area (Å²) in [4.78, 5) is 11.7. The summed E-state index contributed by atoms with van der Waals surface area (Å²) >= 11 is 0. The molecule has 0 saturated heterocycles. The van der Waals surface area contributed by atoms with Gasteiger partial charge in [0, 0.05) is 5.92 Å². The Hall–Kier alpha value is -0.940. The lowest BCUT2D eigenvalue weighted by molar-refractivity contribution is -0.124. The maximum atomic E-state index is 11.9. The third-order valence-electron chi connectivity index (χ3n) is 3.68. The minimum atomic E-state index is -3.71. The largest absolute Gasteiger partial charge is 0.300 e. The van der Waals surface area contributed by atoms with Gasteiger partial charge >= 0.3 is 0 Å². The molecule has 0 aromatic heterocycles. The summed E-state index contributed by atoms with van der Waals surface area (Å²) in [5.41, 5.74) is 0. The first-order chi connectivity index (χ1) is 8.77. The Bertz CT molecular complexity index is 476. The fourth-order valence-corrected chi connectivity index (χ4v) is 3.39. The van der Waals surface area contributed by atoms with Gasteiger partial charge in [0.05, 0.1) is 11.0 Å². The van der Waals surface area contributed by atoms with Crippen molar-refractivity contribution in [1.82, 2.24) is 0 Å². The van der Waals surface area contributed by atoms with Gasteiger partial charge in [0.15, 0.2) is 0 Å². The zero-order valence-corrected chi connectivity index (χ0v) is 12.6. The van der Waals surface area contributed by atoms with Gasteiger partial charge in [-0.2, -0.15) is 8.42 Å². The number of hydrogen-bond donors (Lipinski definition) is 0. The number of ketones is 1. The van der Waals surface area contributed by atoms with Gasteiger partial charge in [-0.15, -0.1) is 0 Å². The van der Waals surface area contributed by atoms with Crippen LogP contribution in [0.15, 0.2) is 23.6 Å². The highest BCUT2D eigenvalue weighted by atomic mass is 32.2. The first kappa shape index (κ1) is 16.1. The lowest BCUT2D eigenvalue weighted by atomic mass is 9.77. The van der Waals surface area contributed by atoms with Crippen LogP contribution in [0.5, 0.6) is 0 Å². The van der Waals surface area contributed by atoms with E-state index in [9.17, 15) is 13.2 Å². The number of Topliss-reactive ketones (excluding diaryl/α,β-unsaturated/α-hetero) is 1. The molecular formula is C14H22O4S. The third kappa shape index (κ3) is 4.28. The van der Waals surface area contributed by atoms with E-state index in [4.69, 9.17) is 4.18 Å². The van der Waals surface area contributed by atoms with Crippen molar-refractivity contribution in [3.05, 3.63) is 23.6 Å². The molecule has 108 valence electrons. The van der Waals surface area contributed by atoms with Crippen LogP contribution in [0.1, 0.15) is 40.0 Å². The molecule has 0 heterocycles. The molecule has 0 bridgehead atoms. The summed E-state index contributed by atoms with van der Waals surface area (Å²) in [6.45, 7) is 8.53. The average molecular weight is 286 g/mol. The molecule has 0 N–H and O–H groups in total. The van der Waals surface area contributed by atoms with Crippen molar-refractivity contribution in [2.45, 2.75) is 46.1 Å². The van der Waals surface area contributed by atoms with E-state index < -0.39 is 16.2 Å². The van der Waals surface area contributed by atoms with E-state index in [0.29, 0.717) is 18.8 Å². The van der Waals surface area contributed by atoms with Crippen molar-refractivity contribution in [3.63, 3.8) is 0 Å². The van der Waals surface area contributed by atoms with E-state index in [-0.39, 0.29) is 16.6 Å². The minimum absolute atomic E-state index is 0.0994. The van der Waals surface area contributed by atoms with Crippen LogP contribution in [-0.4, -0.2) is 20.3 Å². The van der Waals surface area contributed by atoms with E-state index in [1.54, 1.807) is 6.92 Å². The highest BCUT2D eigenvalue weighted by molar-refractivity contribution is 7.90. The summed E-state index contributed by atoms with van der Waals surface area (Å²) in [5, 5.41) is 0. The van der Waals surface area contributed by atoms with Crippen LogP contribution < -0.4 is 0 Å². The summed E-state index contributed by atoms with van der Waals surface area (Å²) in [6.07, 6.45) is 4.39. The molecule has 1 aliphatic rings.